The number of nitrogens with zero attached hydrogens (tertiary/aromatic N) is 4. The standard InChI is InChI=1S/C39H39F3N6O4/c1-3-46-37-32(20-44-48(37)29-13-5-4-6-14-29)33(34(38(46)51)45-36(50)27-11-8-12-28(18-27)39(40,41)42)26-10-7-9-25(17-26)19-43-35(49)24(2)21-47-30-15-16-31(47)23-52-22-30/h4-14,17-18,20,30-31,33-34H,2-3,15-16,19,21-23H2,1H3,(H,43,49)(H,45,50)/t30?,31?,33-,34+/m1/s1. The molecule has 270 valence electrons. The zero-order valence-corrected chi connectivity index (χ0v) is 28.6. The van der Waals surface area contributed by atoms with Crippen LogP contribution in [0.25, 0.3) is 5.69 Å². The van der Waals surface area contributed by atoms with E-state index in [2.05, 4.69) is 27.2 Å². The van der Waals surface area contributed by atoms with Crippen molar-refractivity contribution < 1.29 is 32.3 Å². The first kappa shape index (κ1) is 35.1. The van der Waals surface area contributed by atoms with E-state index in [0.29, 0.717) is 54.4 Å². The second-order valence-corrected chi connectivity index (χ2v) is 13.4. The number of rotatable bonds is 10. The molecule has 0 spiro atoms. The Morgan fingerprint density at radius 1 is 0.981 bits per heavy atom. The fraction of sp³-hybridized carbons (Fsp3) is 0.333. The maximum absolute atomic E-state index is 14.4. The number of amides is 3. The van der Waals surface area contributed by atoms with Crippen LogP contribution in [0.15, 0.2) is 97.2 Å². The minimum atomic E-state index is -4.65. The third-order valence-electron chi connectivity index (χ3n) is 10.1. The number of para-hydroxylation sites is 1. The Hall–Kier alpha value is -5.27. The summed E-state index contributed by atoms with van der Waals surface area (Å²) in [6.07, 6.45) is -0.911. The Bertz CT molecular complexity index is 1980. The van der Waals surface area contributed by atoms with Gasteiger partial charge in [-0.3, -0.25) is 24.2 Å². The van der Waals surface area contributed by atoms with E-state index in [1.54, 1.807) is 23.9 Å². The van der Waals surface area contributed by atoms with Gasteiger partial charge >= 0.3 is 6.18 Å². The number of ether oxygens (including phenoxy) is 1. The summed E-state index contributed by atoms with van der Waals surface area (Å²) in [6.45, 7) is 8.06. The van der Waals surface area contributed by atoms with Crippen molar-refractivity contribution in [3.05, 3.63) is 125 Å². The van der Waals surface area contributed by atoms with Gasteiger partial charge in [0, 0.05) is 54.3 Å². The van der Waals surface area contributed by atoms with E-state index in [4.69, 9.17) is 4.74 Å². The lowest BCUT2D eigenvalue weighted by Crippen LogP contribution is -2.55. The fourth-order valence-corrected chi connectivity index (χ4v) is 7.55. The summed E-state index contributed by atoms with van der Waals surface area (Å²) in [4.78, 5) is 45.0. The molecule has 0 saturated carbocycles. The number of halogens is 3. The zero-order chi connectivity index (χ0) is 36.6. The molecule has 3 amide bonds. The van der Waals surface area contributed by atoms with E-state index in [-0.39, 0.29) is 24.6 Å². The Labute approximate surface area is 299 Å². The van der Waals surface area contributed by atoms with Crippen molar-refractivity contribution in [2.24, 2.45) is 0 Å². The first-order valence-corrected chi connectivity index (χ1v) is 17.3. The van der Waals surface area contributed by atoms with Crippen LogP contribution in [0.3, 0.4) is 0 Å². The van der Waals surface area contributed by atoms with Gasteiger partial charge in [-0.25, -0.2) is 4.68 Å². The van der Waals surface area contributed by atoms with Gasteiger partial charge in [0.25, 0.3) is 11.8 Å². The molecule has 4 atom stereocenters. The SMILES string of the molecule is C=C(CN1C2CCC1COC2)C(=O)NCc1cccc([C@@H]2c3cnn(-c4ccccc4)c3N(CC)C(=O)[C@H]2NC(=O)c2cccc(C(F)(F)F)c2)c1. The number of likely N-dealkylation sites (N-methyl/N-ethyl adjacent to an activating group) is 1. The molecular formula is C39H39F3N6O4. The Kier molecular flexibility index (Phi) is 9.73. The molecule has 2 N–H and O–H groups in total. The first-order chi connectivity index (χ1) is 25.0. The Balaban J connectivity index is 1.19. The highest BCUT2D eigenvalue weighted by atomic mass is 19.4. The van der Waals surface area contributed by atoms with Gasteiger partial charge in [0.15, 0.2) is 0 Å². The van der Waals surface area contributed by atoms with Gasteiger partial charge in [0.05, 0.1) is 30.7 Å². The van der Waals surface area contributed by atoms with Crippen molar-refractivity contribution in [2.45, 2.75) is 56.5 Å². The molecule has 13 heteroatoms. The monoisotopic (exact) mass is 712 g/mol. The lowest BCUT2D eigenvalue weighted by Gasteiger charge is -2.38. The van der Waals surface area contributed by atoms with Crippen molar-refractivity contribution >= 4 is 23.5 Å². The summed E-state index contributed by atoms with van der Waals surface area (Å²) in [5.74, 6) is -1.76. The molecule has 0 aliphatic carbocycles. The summed E-state index contributed by atoms with van der Waals surface area (Å²) in [5, 5.41) is 10.4. The molecule has 4 aromatic rings. The topological polar surface area (TPSA) is 109 Å². The van der Waals surface area contributed by atoms with Crippen LogP contribution < -0.4 is 15.5 Å². The molecule has 4 heterocycles. The van der Waals surface area contributed by atoms with Crippen LogP contribution in [0.4, 0.5) is 19.0 Å². The van der Waals surface area contributed by atoms with Crippen LogP contribution in [-0.4, -0.2) is 76.8 Å². The lowest BCUT2D eigenvalue weighted by molar-refractivity contribution is -0.137. The van der Waals surface area contributed by atoms with Crippen LogP contribution in [-0.2, 0) is 27.0 Å². The number of hydrogen-bond acceptors (Lipinski definition) is 6. The summed E-state index contributed by atoms with van der Waals surface area (Å²) >= 11 is 0. The quantitative estimate of drug-likeness (QED) is 0.219. The van der Waals surface area contributed by atoms with Gasteiger partial charge in [-0.1, -0.05) is 55.1 Å². The zero-order valence-electron chi connectivity index (χ0n) is 28.6. The fourth-order valence-electron chi connectivity index (χ4n) is 7.55. The van der Waals surface area contributed by atoms with Gasteiger partial charge < -0.3 is 15.4 Å². The number of carbonyl (C=O) groups excluding carboxylic acids is 3. The smallest absolute Gasteiger partial charge is 0.378 e. The van der Waals surface area contributed by atoms with E-state index < -0.39 is 35.5 Å². The van der Waals surface area contributed by atoms with E-state index in [1.807, 2.05) is 48.5 Å². The van der Waals surface area contributed by atoms with Crippen molar-refractivity contribution in [1.82, 2.24) is 25.3 Å². The summed E-state index contributed by atoms with van der Waals surface area (Å²) in [7, 11) is 0. The van der Waals surface area contributed by atoms with Crippen LogP contribution in [0.2, 0.25) is 0 Å². The Morgan fingerprint density at radius 3 is 2.42 bits per heavy atom. The highest BCUT2D eigenvalue weighted by Gasteiger charge is 2.45. The average Bonchev–Trinajstić information content (AvgIpc) is 3.66. The van der Waals surface area contributed by atoms with Gasteiger partial charge in [0.1, 0.15) is 11.9 Å². The molecular weight excluding hydrogens is 673 g/mol. The summed E-state index contributed by atoms with van der Waals surface area (Å²) in [6, 6.07) is 20.2. The van der Waals surface area contributed by atoms with E-state index in [0.717, 1.165) is 42.3 Å². The number of aromatic nitrogens is 2. The van der Waals surface area contributed by atoms with E-state index in [1.165, 1.54) is 11.0 Å². The number of alkyl halides is 3. The number of benzene rings is 3. The van der Waals surface area contributed by atoms with Gasteiger partial charge in [-0.15, -0.1) is 0 Å². The molecule has 1 aromatic heterocycles. The minimum absolute atomic E-state index is 0.181. The third-order valence-corrected chi connectivity index (χ3v) is 10.1. The maximum Gasteiger partial charge on any atom is 0.416 e. The predicted molar refractivity (Wildman–Crippen MR) is 188 cm³/mol. The first-order valence-electron chi connectivity index (χ1n) is 17.3. The molecule has 7 rings (SSSR count). The lowest BCUT2D eigenvalue weighted by atomic mass is 9.81. The molecule has 3 aliphatic rings. The largest absolute Gasteiger partial charge is 0.416 e. The van der Waals surface area contributed by atoms with Crippen molar-refractivity contribution in [2.75, 3.05) is 31.2 Å². The molecule has 52 heavy (non-hydrogen) atoms. The third kappa shape index (κ3) is 6.85. The Morgan fingerprint density at radius 2 is 1.71 bits per heavy atom. The van der Waals surface area contributed by atoms with E-state index >= 15 is 0 Å². The van der Waals surface area contributed by atoms with Gasteiger partial charge in [-0.2, -0.15) is 18.3 Å². The van der Waals surface area contributed by atoms with Crippen LogP contribution in [0.5, 0.6) is 0 Å². The number of anilines is 1. The highest BCUT2D eigenvalue weighted by Crippen LogP contribution is 2.42. The summed E-state index contributed by atoms with van der Waals surface area (Å²) < 4.78 is 47.9. The van der Waals surface area contributed by atoms with E-state index in [9.17, 15) is 27.6 Å². The maximum atomic E-state index is 14.4. The van der Waals surface area contributed by atoms with Crippen LogP contribution in [0, 0.1) is 0 Å². The number of nitrogens with one attached hydrogen (secondary N) is 2. The van der Waals surface area contributed by atoms with Crippen LogP contribution >= 0.6 is 0 Å². The van der Waals surface area contributed by atoms with Crippen molar-refractivity contribution in [3.63, 3.8) is 0 Å². The number of fused-ring (bicyclic) bond motifs is 3. The van der Waals surface area contributed by atoms with Crippen molar-refractivity contribution in [3.8, 4) is 5.69 Å². The number of morpholine rings is 1. The summed E-state index contributed by atoms with van der Waals surface area (Å²) in [5.41, 5.74) is 2.04. The molecule has 0 radical (unpaired) electrons. The average molecular weight is 713 g/mol. The second-order valence-electron chi connectivity index (χ2n) is 13.4. The van der Waals surface area contributed by atoms with Crippen LogP contribution in [0.1, 0.15) is 58.3 Å². The number of hydrogen-bond donors (Lipinski definition) is 2. The molecule has 2 saturated heterocycles. The molecule has 2 fully saturated rings. The van der Waals surface area contributed by atoms with Gasteiger partial charge in [0.2, 0.25) is 5.91 Å². The molecule has 10 nitrogen and oxygen atoms in total. The normalized spacial score (nSPS) is 21.5. The molecule has 3 aromatic carbocycles. The highest BCUT2D eigenvalue weighted by molar-refractivity contribution is 6.05. The molecule has 3 aliphatic heterocycles. The van der Waals surface area contributed by atoms with Gasteiger partial charge in [-0.05, 0) is 61.2 Å². The molecule has 2 bridgehead atoms. The number of carbonyl (C=O) groups is 3. The van der Waals surface area contributed by atoms with Crippen molar-refractivity contribution in [1.29, 1.82) is 0 Å². The predicted octanol–water partition coefficient (Wildman–Crippen LogP) is 5.22. The minimum Gasteiger partial charge on any atom is -0.378 e. The molecule has 2 unspecified atom stereocenters. The second kappa shape index (κ2) is 14.4.